The summed E-state index contributed by atoms with van der Waals surface area (Å²) in [6, 6.07) is 23.9. The lowest BCUT2D eigenvalue weighted by Gasteiger charge is -2.12. The highest BCUT2D eigenvalue weighted by molar-refractivity contribution is 7.84. The molecule has 148 valence electrons. The van der Waals surface area contributed by atoms with Crippen LogP contribution in [0.2, 0.25) is 0 Å². The second-order valence-electron chi connectivity index (χ2n) is 6.39. The average Bonchev–Trinajstić information content (AvgIpc) is 2.74. The summed E-state index contributed by atoms with van der Waals surface area (Å²) < 4.78 is 16.9. The number of carbonyl (C=O) groups is 2. The quantitative estimate of drug-likeness (QED) is 0.605. The second kappa shape index (κ2) is 9.80. The van der Waals surface area contributed by atoms with Gasteiger partial charge in [-0.1, -0.05) is 60.7 Å². The standard InChI is InChI=1S/C23H21NO4S/c1-29(27)21-14-8-6-12-19(21)23(26)28-16-22(25)24-20-13-7-5-11-18(20)15-17-9-3-2-4-10-17/h2-14H,15-16H2,1H3,(H,24,25)/t29-/m1/s1. The molecule has 0 saturated carbocycles. The van der Waals surface area contributed by atoms with Gasteiger partial charge in [-0.25, -0.2) is 4.79 Å². The number of ether oxygens (including phenoxy) is 1. The van der Waals surface area contributed by atoms with Gasteiger partial charge in [0.2, 0.25) is 0 Å². The van der Waals surface area contributed by atoms with E-state index in [1.807, 2.05) is 54.6 Å². The molecular weight excluding hydrogens is 386 g/mol. The zero-order valence-electron chi connectivity index (χ0n) is 16.0. The largest absolute Gasteiger partial charge is 0.452 e. The van der Waals surface area contributed by atoms with Crippen molar-refractivity contribution in [3.05, 3.63) is 95.6 Å². The van der Waals surface area contributed by atoms with Crippen LogP contribution in [-0.4, -0.2) is 28.9 Å². The van der Waals surface area contributed by atoms with Crippen LogP contribution in [0.4, 0.5) is 5.69 Å². The molecule has 0 fully saturated rings. The molecular formula is C23H21NO4S. The zero-order valence-corrected chi connectivity index (χ0v) is 16.8. The molecule has 0 bridgehead atoms. The Kier molecular flexibility index (Phi) is 6.92. The molecule has 0 heterocycles. The number of carbonyl (C=O) groups excluding carboxylic acids is 2. The van der Waals surface area contributed by atoms with E-state index in [2.05, 4.69) is 5.32 Å². The highest BCUT2D eigenvalue weighted by Gasteiger charge is 2.16. The van der Waals surface area contributed by atoms with Crippen LogP contribution in [0.1, 0.15) is 21.5 Å². The van der Waals surface area contributed by atoms with Crippen LogP contribution in [-0.2, 0) is 26.8 Å². The minimum atomic E-state index is -1.33. The molecule has 0 unspecified atom stereocenters. The van der Waals surface area contributed by atoms with Crippen molar-refractivity contribution in [1.82, 2.24) is 0 Å². The molecule has 0 aliphatic heterocycles. The van der Waals surface area contributed by atoms with Crippen molar-refractivity contribution in [3.8, 4) is 0 Å². The van der Waals surface area contributed by atoms with Gasteiger partial charge in [0, 0.05) is 11.9 Å². The van der Waals surface area contributed by atoms with Gasteiger partial charge >= 0.3 is 5.97 Å². The first-order chi connectivity index (χ1) is 14.0. The average molecular weight is 407 g/mol. The van der Waals surface area contributed by atoms with Gasteiger partial charge in [0.25, 0.3) is 5.91 Å². The maximum atomic E-state index is 12.3. The lowest BCUT2D eigenvalue weighted by atomic mass is 10.0. The Balaban J connectivity index is 1.63. The molecule has 3 rings (SSSR count). The number of nitrogens with one attached hydrogen (secondary N) is 1. The third-order valence-electron chi connectivity index (χ3n) is 4.28. The third-order valence-corrected chi connectivity index (χ3v) is 5.26. The van der Waals surface area contributed by atoms with Gasteiger partial charge < -0.3 is 10.1 Å². The zero-order chi connectivity index (χ0) is 20.6. The molecule has 1 atom stereocenters. The number of para-hydroxylation sites is 1. The first-order valence-corrected chi connectivity index (χ1v) is 10.6. The highest BCUT2D eigenvalue weighted by atomic mass is 32.2. The highest BCUT2D eigenvalue weighted by Crippen LogP contribution is 2.19. The van der Waals surface area contributed by atoms with Crippen molar-refractivity contribution in [3.63, 3.8) is 0 Å². The summed E-state index contributed by atoms with van der Waals surface area (Å²) in [5.41, 5.74) is 2.97. The minimum Gasteiger partial charge on any atom is -0.452 e. The fraction of sp³-hybridized carbons (Fsp3) is 0.130. The summed E-state index contributed by atoms with van der Waals surface area (Å²) in [5, 5.41) is 2.80. The van der Waals surface area contributed by atoms with Crippen LogP contribution in [0.15, 0.2) is 83.8 Å². The number of benzene rings is 3. The van der Waals surface area contributed by atoms with E-state index < -0.39 is 29.3 Å². The van der Waals surface area contributed by atoms with Gasteiger partial charge in [-0.2, -0.15) is 0 Å². The summed E-state index contributed by atoms with van der Waals surface area (Å²) in [4.78, 5) is 25.0. The molecule has 0 spiro atoms. The first kappa shape index (κ1) is 20.5. The van der Waals surface area contributed by atoms with E-state index in [-0.39, 0.29) is 5.56 Å². The van der Waals surface area contributed by atoms with Gasteiger partial charge in [-0.3, -0.25) is 9.00 Å². The Morgan fingerprint density at radius 3 is 2.31 bits per heavy atom. The van der Waals surface area contributed by atoms with Crippen LogP contribution < -0.4 is 5.32 Å². The SMILES string of the molecule is C[S@@](=O)c1ccccc1C(=O)OCC(=O)Nc1ccccc1Cc1ccccc1. The Bertz CT molecular complexity index is 1030. The van der Waals surface area contributed by atoms with E-state index >= 15 is 0 Å². The molecule has 3 aromatic carbocycles. The van der Waals surface area contributed by atoms with Crippen molar-refractivity contribution in [1.29, 1.82) is 0 Å². The Morgan fingerprint density at radius 1 is 0.897 bits per heavy atom. The van der Waals surface area contributed by atoms with Gasteiger partial charge in [0.05, 0.1) is 21.3 Å². The maximum absolute atomic E-state index is 12.3. The summed E-state index contributed by atoms with van der Waals surface area (Å²) in [5.74, 6) is -1.11. The Morgan fingerprint density at radius 2 is 1.55 bits per heavy atom. The predicted molar refractivity (Wildman–Crippen MR) is 113 cm³/mol. The fourth-order valence-electron chi connectivity index (χ4n) is 2.89. The van der Waals surface area contributed by atoms with Crippen molar-refractivity contribution >= 4 is 28.4 Å². The summed E-state index contributed by atoms with van der Waals surface area (Å²) in [7, 11) is -1.33. The van der Waals surface area contributed by atoms with Gasteiger partial charge in [0.1, 0.15) is 0 Å². The first-order valence-electron chi connectivity index (χ1n) is 9.06. The van der Waals surface area contributed by atoms with Crippen LogP contribution in [0, 0.1) is 0 Å². The van der Waals surface area contributed by atoms with Crippen molar-refractivity contribution in [2.24, 2.45) is 0 Å². The van der Waals surface area contributed by atoms with E-state index in [1.165, 1.54) is 12.3 Å². The topological polar surface area (TPSA) is 72.5 Å². The third kappa shape index (κ3) is 5.62. The molecule has 0 radical (unpaired) electrons. The Labute approximate surface area is 172 Å². The van der Waals surface area contributed by atoms with Crippen molar-refractivity contribution < 1.29 is 18.5 Å². The molecule has 1 N–H and O–H groups in total. The normalized spacial score (nSPS) is 11.5. The number of hydrogen-bond acceptors (Lipinski definition) is 4. The Hall–Kier alpha value is -3.25. The van der Waals surface area contributed by atoms with Crippen molar-refractivity contribution in [2.75, 3.05) is 18.2 Å². The molecule has 0 aliphatic rings. The number of amides is 1. The summed E-state index contributed by atoms with van der Waals surface area (Å²) in [6.07, 6.45) is 2.16. The molecule has 0 aliphatic carbocycles. The minimum absolute atomic E-state index is 0.200. The molecule has 6 heteroatoms. The molecule has 5 nitrogen and oxygen atoms in total. The molecule has 3 aromatic rings. The lowest BCUT2D eigenvalue weighted by molar-refractivity contribution is -0.119. The van der Waals surface area contributed by atoms with Crippen LogP contribution in [0.5, 0.6) is 0 Å². The van der Waals surface area contributed by atoms with Crippen LogP contribution in [0.25, 0.3) is 0 Å². The van der Waals surface area contributed by atoms with E-state index in [4.69, 9.17) is 4.74 Å². The second-order valence-corrected chi connectivity index (χ2v) is 7.74. The smallest absolute Gasteiger partial charge is 0.339 e. The van der Waals surface area contributed by atoms with E-state index in [1.54, 1.807) is 18.2 Å². The van der Waals surface area contributed by atoms with Gasteiger partial charge in [0.15, 0.2) is 6.61 Å². The van der Waals surface area contributed by atoms with Gasteiger partial charge in [-0.05, 0) is 35.7 Å². The maximum Gasteiger partial charge on any atom is 0.339 e. The number of rotatable bonds is 7. The predicted octanol–water partition coefficient (Wildman–Crippen LogP) is 3.81. The molecule has 0 saturated heterocycles. The van der Waals surface area contributed by atoms with E-state index in [0.717, 1.165) is 11.1 Å². The number of anilines is 1. The number of esters is 1. The number of hydrogen-bond donors (Lipinski definition) is 1. The fourth-order valence-corrected chi connectivity index (χ4v) is 3.62. The molecule has 0 aromatic heterocycles. The van der Waals surface area contributed by atoms with E-state index in [0.29, 0.717) is 17.0 Å². The van der Waals surface area contributed by atoms with Crippen molar-refractivity contribution in [2.45, 2.75) is 11.3 Å². The lowest BCUT2D eigenvalue weighted by Crippen LogP contribution is -2.22. The molecule has 1 amide bonds. The van der Waals surface area contributed by atoms with E-state index in [9.17, 15) is 13.8 Å². The van der Waals surface area contributed by atoms with Crippen LogP contribution >= 0.6 is 0 Å². The summed E-state index contributed by atoms with van der Waals surface area (Å²) >= 11 is 0. The van der Waals surface area contributed by atoms with Gasteiger partial charge in [-0.15, -0.1) is 0 Å². The monoisotopic (exact) mass is 407 g/mol. The molecule has 29 heavy (non-hydrogen) atoms. The summed E-state index contributed by atoms with van der Waals surface area (Å²) in [6.45, 7) is -0.427. The van der Waals surface area contributed by atoms with Crippen LogP contribution in [0.3, 0.4) is 0 Å².